The molecule has 0 saturated carbocycles. The van der Waals surface area contributed by atoms with Gasteiger partial charge in [0.15, 0.2) is 0 Å². The van der Waals surface area contributed by atoms with E-state index in [-0.39, 0.29) is 5.41 Å². The molecule has 0 spiro atoms. The molecule has 0 bridgehead atoms. The Morgan fingerprint density at radius 3 is 2.08 bits per heavy atom. The van der Waals surface area contributed by atoms with Gasteiger partial charge in [0.25, 0.3) is 0 Å². The fraction of sp³-hybridized carbons (Fsp3) is 0.789. The Kier molecular flexibility index (Phi) is 5.55. The van der Waals surface area contributed by atoms with Crippen molar-refractivity contribution in [3.05, 3.63) is 17.6 Å². The van der Waals surface area contributed by atoms with Gasteiger partial charge in [-0.15, -0.1) is 0 Å². The highest BCUT2D eigenvalue weighted by Gasteiger charge is 2.25. The second kappa shape index (κ2) is 6.96. The molecule has 1 aromatic heterocycles. The van der Waals surface area contributed by atoms with Gasteiger partial charge in [-0.3, -0.25) is 4.90 Å². The topological polar surface area (TPSA) is 52.5 Å². The smallest absolute Gasteiger partial charge is 0.133 e. The van der Waals surface area contributed by atoms with E-state index in [2.05, 4.69) is 50.5 Å². The van der Waals surface area contributed by atoms with Crippen molar-refractivity contribution in [3.63, 3.8) is 0 Å². The van der Waals surface area contributed by atoms with E-state index in [1.54, 1.807) is 0 Å². The Labute approximate surface area is 147 Å². The summed E-state index contributed by atoms with van der Waals surface area (Å²) >= 11 is 0. The normalized spacial score (nSPS) is 17.6. The van der Waals surface area contributed by atoms with Gasteiger partial charge in [0, 0.05) is 50.1 Å². The van der Waals surface area contributed by atoms with Gasteiger partial charge in [-0.1, -0.05) is 34.6 Å². The van der Waals surface area contributed by atoms with Crippen LogP contribution in [-0.4, -0.2) is 58.3 Å². The van der Waals surface area contributed by atoms with Crippen molar-refractivity contribution in [2.24, 2.45) is 0 Å². The van der Waals surface area contributed by atoms with E-state index in [0.717, 1.165) is 50.1 Å². The predicted octanol–water partition coefficient (Wildman–Crippen LogP) is 2.79. The molecule has 2 rings (SSSR count). The Morgan fingerprint density at radius 1 is 1.04 bits per heavy atom. The van der Waals surface area contributed by atoms with Crippen LogP contribution in [0.1, 0.15) is 65.9 Å². The first-order chi connectivity index (χ1) is 11.0. The van der Waals surface area contributed by atoms with Crippen LogP contribution in [-0.2, 0) is 5.41 Å². The Bertz CT molecular complexity index is 549. The minimum absolute atomic E-state index is 0.0179. The van der Waals surface area contributed by atoms with Crippen molar-refractivity contribution in [3.8, 4) is 0 Å². The number of β-amino-alcohol motifs (C(OH)–C–C–N with tert-alkyl or cyclic N) is 1. The molecule has 5 heteroatoms. The van der Waals surface area contributed by atoms with Crippen LogP contribution >= 0.6 is 0 Å². The summed E-state index contributed by atoms with van der Waals surface area (Å²) in [6, 6.07) is 2.15. The van der Waals surface area contributed by atoms with Gasteiger partial charge in [0.2, 0.25) is 0 Å². The van der Waals surface area contributed by atoms with Crippen LogP contribution in [0, 0.1) is 0 Å². The van der Waals surface area contributed by atoms with Crippen molar-refractivity contribution in [2.45, 2.75) is 65.4 Å². The summed E-state index contributed by atoms with van der Waals surface area (Å²) in [5, 5.41) is 10.0. The lowest BCUT2D eigenvalue weighted by atomic mass is 9.91. The van der Waals surface area contributed by atoms with E-state index in [1.807, 2.05) is 13.8 Å². The van der Waals surface area contributed by atoms with Crippen LogP contribution < -0.4 is 4.90 Å². The standard InChI is InChI=1S/C19H34N4O/c1-14(2)17-20-15(18(3,4)5)12-16(21-17)23-10-8-22(9-11-23)13-19(6,7)24/h12,14,24H,8-11,13H2,1-7H3. The molecule has 0 aliphatic carbocycles. The molecular weight excluding hydrogens is 300 g/mol. The van der Waals surface area contributed by atoms with Crippen molar-refractivity contribution in [2.75, 3.05) is 37.6 Å². The van der Waals surface area contributed by atoms with Gasteiger partial charge in [0.1, 0.15) is 11.6 Å². The lowest BCUT2D eigenvalue weighted by Crippen LogP contribution is -2.50. The SMILES string of the molecule is CC(C)c1nc(N2CCN(CC(C)(C)O)CC2)cc(C(C)(C)C)n1. The predicted molar refractivity (Wildman–Crippen MR) is 99.8 cm³/mol. The van der Waals surface area contributed by atoms with E-state index in [4.69, 9.17) is 9.97 Å². The first kappa shape index (κ1) is 19.1. The van der Waals surface area contributed by atoms with Crippen LogP contribution in [0.25, 0.3) is 0 Å². The van der Waals surface area contributed by atoms with Gasteiger partial charge in [-0.05, 0) is 13.8 Å². The van der Waals surface area contributed by atoms with Gasteiger partial charge in [-0.25, -0.2) is 9.97 Å². The first-order valence-corrected chi connectivity index (χ1v) is 9.05. The number of anilines is 1. The molecule has 136 valence electrons. The maximum absolute atomic E-state index is 10.0. The zero-order valence-electron chi connectivity index (χ0n) is 16.4. The highest BCUT2D eigenvalue weighted by molar-refractivity contribution is 5.42. The summed E-state index contributed by atoms with van der Waals surface area (Å²) in [6.45, 7) is 19.1. The molecule has 0 aromatic carbocycles. The fourth-order valence-electron chi connectivity index (χ4n) is 2.94. The number of nitrogens with zero attached hydrogens (tertiary/aromatic N) is 4. The van der Waals surface area contributed by atoms with Crippen molar-refractivity contribution < 1.29 is 5.11 Å². The quantitative estimate of drug-likeness (QED) is 0.917. The molecule has 1 aromatic rings. The van der Waals surface area contributed by atoms with Gasteiger partial charge < -0.3 is 10.0 Å². The maximum atomic E-state index is 10.0. The second-order valence-electron chi connectivity index (χ2n) is 8.95. The molecule has 0 amide bonds. The average Bonchev–Trinajstić information content (AvgIpc) is 2.45. The summed E-state index contributed by atoms with van der Waals surface area (Å²) in [7, 11) is 0. The third-order valence-electron chi connectivity index (χ3n) is 4.32. The maximum Gasteiger partial charge on any atom is 0.133 e. The van der Waals surface area contributed by atoms with Crippen molar-refractivity contribution in [1.29, 1.82) is 0 Å². The summed E-state index contributed by atoms with van der Waals surface area (Å²) in [5.74, 6) is 2.29. The Morgan fingerprint density at radius 2 is 1.62 bits per heavy atom. The number of piperazine rings is 1. The molecule has 1 fully saturated rings. The molecule has 1 N–H and O–H groups in total. The third kappa shape index (κ3) is 5.15. The molecule has 0 radical (unpaired) electrons. The van der Waals surface area contributed by atoms with Crippen LogP contribution in [0.5, 0.6) is 0 Å². The Hall–Kier alpha value is -1.20. The van der Waals surface area contributed by atoms with E-state index in [1.165, 1.54) is 0 Å². The van der Waals surface area contributed by atoms with Crippen LogP contribution in [0.15, 0.2) is 6.07 Å². The van der Waals surface area contributed by atoms with Crippen molar-refractivity contribution >= 4 is 5.82 Å². The fourth-order valence-corrected chi connectivity index (χ4v) is 2.94. The van der Waals surface area contributed by atoms with E-state index < -0.39 is 5.60 Å². The molecular formula is C19H34N4O. The van der Waals surface area contributed by atoms with Crippen molar-refractivity contribution in [1.82, 2.24) is 14.9 Å². The molecule has 1 aliphatic rings. The summed E-state index contributed by atoms with van der Waals surface area (Å²) in [5.41, 5.74) is 0.487. The van der Waals surface area contributed by atoms with Crippen LogP contribution in [0.3, 0.4) is 0 Å². The highest BCUT2D eigenvalue weighted by Crippen LogP contribution is 2.26. The number of hydrogen-bond donors (Lipinski definition) is 1. The van der Waals surface area contributed by atoms with Crippen LogP contribution in [0.2, 0.25) is 0 Å². The molecule has 2 heterocycles. The van der Waals surface area contributed by atoms with Gasteiger partial charge in [0.05, 0.1) is 11.3 Å². The molecule has 0 atom stereocenters. The molecule has 0 unspecified atom stereocenters. The summed E-state index contributed by atoms with van der Waals surface area (Å²) in [6.07, 6.45) is 0. The summed E-state index contributed by atoms with van der Waals surface area (Å²) in [4.78, 5) is 14.3. The molecule has 1 saturated heterocycles. The second-order valence-corrected chi connectivity index (χ2v) is 8.95. The lowest BCUT2D eigenvalue weighted by molar-refractivity contribution is 0.0344. The third-order valence-corrected chi connectivity index (χ3v) is 4.32. The van der Waals surface area contributed by atoms with E-state index in [0.29, 0.717) is 5.92 Å². The monoisotopic (exact) mass is 334 g/mol. The largest absolute Gasteiger partial charge is 0.389 e. The summed E-state index contributed by atoms with van der Waals surface area (Å²) < 4.78 is 0. The number of rotatable bonds is 4. The van der Waals surface area contributed by atoms with Gasteiger partial charge >= 0.3 is 0 Å². The van der Waals surface area contributed by atoms with Crippen LogP contribution in [0.4, 0.5) is 5.82 Å². The lowest BCUT2D eigenvalue weighted by Gasteiger charge is -2.38. The number of aromatic nitrogens is 2. The van der Waals surface area contributed by atoms with E-state index >= 15 is 0 Å². The molecule has 24 heavy (non-hydrogen) atoms. The molecule has 1 aliphatic heterocycles. The Balaban J connectivity index is 2.16. The minimum Gasteiger partial charge on any atom is -0.389 e. The average molecular weight is 335 g/mol. The van der Waals surface area contributed by atoms with E-state index in [9.17, 15) is 5.11 Å². The minimum atomic E-state index is -0.638. The number of aliphatic hydroxyl groups is 1. The zero-order valence-corrected chi connectivity index (χ0v) is 16.4. The molecule has 5 nitrogen and oxygen atoms in total. The zero-order chi connectivity index (χ0) is 18.1. The first-order valence-electron chi connectivity index (χ1n) is 9.05. The van der Waals surface area contributed by atoms with Gasteiger partial charge in [-0.2, -0.15) is 0 Å². The highest BCUT2D eigenvalue weighted by atomic mass is 16.3. The number of hydrogen-bond acceptors (Lipinski definition) is 5.